The van der Waals surface area contributed by atoms with Gasteiger partial charge in [-0.1, -0.05) is 109 Å². The molecule has 9 rings (SSSR count). The van der Waals surface area contributed by atoms with Gasteiger partial charge in [0.1, 0.15) is 16.7 Å². The van der Waals surface area contributed by atoms with Crippen LogP contribution in [0.15, 0.2) is 160 Å². The largest absolute Gasteiger partial charge is 0.456 e. The summed E-state index contributed by atoms with van der Waals surface area (Å²) in [5.74, 6) is 0. The Morgan fingerprint density at radius 3 is 2.09 bits per heavy atom. The molecule has 2 heterocycles. The third-order valence-electron chi connectivity index (χ3n) is 8.46. The second kappa shape index (κ2) is 9.37. The van der Waals surface area contributed by atoms with Crippen molar-refractivity contribution in [2.45, 2.75) is 0 Å². The molecule has 43 heavy (non-hydrogen) atoms. The van der Waals surface area contributed by atoms with Gasteiger partial charge in [-0.05, 0) is 52.7 Å². The van der Waals surface area contributed by atoms with E-state index in [0.717, 1.165) is 72.1 Å². The van der Waals surface area contributed by atoms with Crippen LogP contribution in [0, 0.1) is 0 Å². The zero-order valence-electron chi connectivity index (χ0n) is 23.2. The van der Waals surface area contributed by atoms with Gasteiger partial charge in [0.25, 0.3) is 0 Å². The Balaban J connectivity index is 1.34. The van der Waals surface area contributed by atoms with Gasteiger partial charge in [-0.25, -0.2) is 0 Å². The van der Waals surface area contributed by atoms with Gasteiger partial charge in [-0.3, -0.25) is 0 Å². The highest BCUT2D eigenvalue weighted by Gasteiger charge is 2.23. The first-order chi connectivity index (χ1) is 21.3. The lowest BCUT2D eigenvalue weighted by molar-refractivity contribution is 0.667. The smallest absolute Gasteiger partial charge is 0.159 e. The molecule has 0 fully saturated rings. The second-order valence-electron chi connectivity index (χ2n) is 10.9. The van der Waals surface area contributed by atoms with Crippen LogP contribution in [-0.4, -0.2) is 0 Å². The highest BCUT2D eigenvalue weighted by molar-refractivity contribution is 6.19. The van der Waals surface area contributed by atoms with Crippen molar-refractivity contribution in [2.24, 2.45) is 0 Å². The molecule has 0 aliphatic heterocycles. The van der Waals surface area contributed by atoms with Gasteiger partial charge in [0.2, 0.25) is 0 Å². The summed E-state index contributed by atoms with van der Waals surface area (Å²) in [5.41, 5.74) is 8.77. The van der Waals surface area contributed by atoms with Crippen LogP contribution >= 0.6 is 0 Å². The van der Waals surface area contributed by atoms with Gasteiger partial charge < -0.3 is 13.7 Å². The van der Waals surface area contributed by atoms with E-state index in [-0.39, 0.29) is 0 Å². The van der Waals surface area contributed by atoms with E-state index in [0.29, 0.717) is 0 Å². The van der Waals surface area contributed by atoms with Crippen LogP contribution < -0.4 is 4.90 Å². The van der Waals surface area contributed by atoms with Crippen molar-refractivity contribution in [3.63, 3.8) is 0 Å². The molecule has 0 radical (unpaired) electrons. The Hall–Kier alpha value is -5.80. The van der Waals surface area contributed by atoms with Crippen molar-refractivity contribution in [1.29, 1.82) is 0 Å². The highest BCUT2D eigenvalue weighted by atomic mass is 16.3. The lowest BCUT2D eigenvalue weighted by Crippen LogP contribution is -2.11. The van der Waals surface area contributed by atoms with Crippen molar-refractivity contribution >= 4 is 71.7 Å². The fourth-order valence-electron chi connectivity index (χ4n) is 6.52. The molecule has 0 bridgehead atoms. The first-order valence-electron chi connectivity index (χ1n) is 14.5. The number of benzene rings is 7. The minimum Gasteiger partial charge on any atom is -0.456 e. The van der Waals surface area contributed by atoms with Gasteiger partial charge in [0.05, 0.1) is 17.1 Å². The molecule has 0 aliphatic rings. The van der Waals surface area contributed by atoms with E-state index in [2.05, 4.69) is 144 Å². The third-order valence-corrected chi connectivity index (χ3v) is 8.46. The Morgan fingerprint density at radius 2 is 1.16 bits per heavy atom. The van der Waals surface area contributed by atoms with Crippen LogP contribution in [0.5, 0.6) is 0 Å². The molecule has 202 valence electrons. The number of hydrogen-bond donors (Lipinski definition) is 0. The summed E-state index contributed by atoms with van der Waals surface area (Å²) in [4.78, 5) is 2.30. The predicted octanol–water partition coefficient (Wildman–Crippen LogP) is 11.8. The van der Waals surface area contributed by atoms with Gasteiger partial charge in [0, 0.05) is 33.2 Å². The van der Waals surface area contributed by atoms with E-state index in [9.17, 15) is 0 Å². The van der Waals surface area contributed by atoms with Crippen LogP contribution in [0.25, 0.3) is 65.8 Å². The Labute approximate surface area is 247 Å². The fourth-order valence-corrected chi connectivity index (χ4v) is 6.52. The molecule has 2 aromatic heterocycles. The molecule has 0 unspecified atom stereocenters. The second-order valence-corrected chi connectivity index (χ2v) is 10.9. The summed E-state index contributed by atoms with van der Waals surface area (Å²) in [6.45, 7) is 0. The van der Waals surface area contributed by atoms with Crippen LogP contribution in [0.1, 0.15) is 0 Å². The van der Waals surface area contributed by atoms with E-state index in [1.807, 2.05) is 12.1 Å². The average Bonchev–Trinajstić information content (AvgIpc) is 3.64. The van der Waals surface area contributed by atoms with E-state index in [1.165, 1.54) is 10.8 Å². The van der Waals surface area contributed by atoms with Crippen molar-refractivity contribution in [3.05, 3.63) is 152 Å². The Kier molecular flexibility index (Phi) is 5.20. The molecular weight excluding hydrogens is 526 g/mol. The van der Waals surface area contributed by atoms with Gasteiger partial charge in [-0.2, -0.15) is 0 Å². The van der Waals surface area contributed by atoms with Gasteiger partial charge in [-0.15, -0.1) is 0 Å². The van der Waals surface area contributed by atoms with Crippen molar-refractivity contribution < 1.29 is 8.83 Å². The number of para-hydroxylation sites is 3. The molecule has 9 aromatic rings. The Morgan fingerprint density at radius 1 is 0.419 bits per heavy atom. The number of fused-ring (bicyclic) bond motifs is 8. The monoisotopic (exact) mass is 551 g/mol. The van der Waals surface area contributed by atoms with Gasteiger partial charge in [0.15, 0.2) is 5.58 Å². The molecule has 3 nitrogen and oxygen atoms in total. The first kappa shape index (κ1) is 23.9. The lowest BCUT2D eigenvalue weighted by Gasteiger charge is -2.27. The average molecular weight is 552 g/mol. The summed E-state index contributed by atoms with van der Waals surface area (Å²) in [7, 11) is 0. The van der Waals surface area contributed by atoms with Crippen molar-refractivity contribution in [3.8, 4) is 11.1 Å². The zero-order chi connectivity index (χ0) is 28.3. The minimum absolute atomic E-state index is 0.849. The van der Waals surface area contributed by atoms with Crippen LogP contribution in [0.3, 0.4) is 0 Å². The number of furan rings is 2. The summed E-state index contributed by atoms with van der Waals surface area (Å²) in [6, 6.07) is 53.0. The van der Waals surface area contributed by atoms with Crippen molar-refractivity contribution in [1.82, 2.24) is 0 Å². The summed E-state index contributed by atoms with van der Waals surface area (Å²) in [5, 5.41) is 6.85. The predicted molar refractivity (Wildman–Crippen MR) is 179 cm³/mol. The molecule has 0 amide bonds. The third kappa shape index (κ3) is 3.68. The quantitative estimate of drug-likeness (QED) is 0.218. The maximum atomic E-state index is 6.57. The summed E-state index contributed by atoms with van der Waals surface area (Å²) >= 11 is 0. The zero-order valence-corrected chi connectivity index (χ0v) is 23.2. The van der Waals surface area contributed by atoms with Crippen LogP contribution in [0.4, 0.5) is 17.1 Å². The van der Waals surface area contributed by atoms with E-state index < -0.39 is 0 Å². The standard InChI is InChI=1S/C40H25NO2/c1-2-11-26(12-3-1)29-14-6-8-18-34(29)41(35-19-10-17-32-31-16-7-9-20-36(31)43-40(32)35)28-22-23-33-38(25-28)42-37-24-21-27-13-4-5-15-30(27)39(33)37/h1-25H. The fraction of sp³-hybridized carbons (Fsp3) is 0. The number of nitrogens with zero attached hydrogens (tertiary/aromatic N) is 1. The topological polar surface area (TPSA) is 29.5 Å². The summed E-state index contributed by atoms with van der Waals surface area (Å²) in [6.07, 6.45) is 0. The molecule has 0 aliphatic carbocycles. The molecule has 0 saturated carbocycles. The maximum absolute atomic E-state index is 6.57. The number of rotatable bonds is 4. The molecule has 0 saturated heterocycles. The van der Waals surface area contributed by atoms with Crippen molar-refractivity contribution in [2.75, 3.05) is 4.90 Å². The van der Waals surface area contributed by atoms with E-state index in [1.54, 1.807) is 0 Å². The Bertz CT molecular complexity index is 2470. The van der Waals surface area contributed by atoms with E-state index >= 15 is 0 Å². The molecule has 0 atom stereocenters. The van der Waals surface area contributed by atoms with Crippen LogP contribution in [-0.2, 0) is 0 Å². The van der Waals surface area contributed by atoms with Gasteiger partial charge >= 0.3 is 0 Å². The van der Waals surface area contributed by atoms with E-state index in [4.69, 9.17) is 8.83 Å². The molecule has 0 spiro atoms. The molecular formula is C40H25NO2. The number of hydrogen-bond acceptors (Lipinski definition) is 3. The molecule has 7 aromatic carbocycles. The SMILES string of the molecule is c1ccc(-c2ccccc2N(c2ccc3c(c2)oc2ccc4ccccc4c23)c2cccc3c2oc2ccccc23)cc1. The summed E-state index contributed by atoms with van der Waals surface area (Å²) < 4.78 is 13.1. The number of anilines is 3. The lowest BCUT2D eigenvalue weighted by atomic mass is 10.0. The normalized spacial score (nSPS) is 11.7. The highest BCUT2D eigenvalue weighted by Crippen LogP contribution is 2.46. The molecule has 3 heteroatoms. The first-order valence-corrected chi connectivity index (χ1v) is 14.5. The molecule has 0 N–H and O–H groups in total. The maximum Gasteiger partial charge on any atom is 0.159 e. The van der Waals surface area contributed by atoms with Crippen LogP contribution in [0.2, 0.25) is 0 Å². The minimum atomic E-state index is 0.849.